The molecule has 0 aliphatic carbocycles. The van der Waals surface area contributed by atoms with E-state index >= 15 is 0 Å². The molecule has 0 saturated carbocycles. The number of hydrogen-bond acceptors (Lipinski definition) is 5. The van der Waals surface area contributed by atoms with Gasteiger partial charge in [0, 0.05) is 16.4 Å². The van der Waals surface area contributed by atoms with E-state index in [0.717, 1.165) is 0 Å². The lowest BCUT2D eigenvalue weighted by atomic mass is 10.1. The number of anilines is 2. The third kappa shape index (κ3) is 7.13. The number of nitriles is 1. The predicted octanol–water partition coefficient (Wildman–Crippen LogP) is 4.91. The zero-order valence-corrected chi connectivity index (χ0v) is 18.4. The normalized spacial score (nSPS) is 10.6. The molecule has 3 aromatic rings. The fourth-order valence-electron chi connectivity index (χ4n) is 2.76. The third-order valence-electron chi connectivity index (χ3n) is 4.38. The number of hydrogen-bond donors (Lipinski definition) is 2. The average Bonchev–Trinajstić information content (AvgIpc) is 2.83. The van der Waals surface area contributed by atoms with E-state index in [9.17, 15) is 14.9 Å². The molecule has 0 aliphatic heterocycles. The number of amides is 2. The van der Waals surface area contributed by atoms with Crippen molar-refractivity contribution in [2.75, 3.05) is 24.4 Å². The first-order chi connectivity index (χ1) is 16.0. The molecular formula is C25H20ClN3O4. The van der Waals surface area contributed by atoms with Crippen molar-refractivity contribution in [3.63, 3.8) is 0 Å². The highest BCUT2D eigenvalue weighted by Gasteiger charge is 2.10. The summed E-state index contributed by atoms with van der Waals surface area (Å²) in [4.78, 5) is 24.6. The van der Waals surface area contributed by atoms with Gasteiger partial charge in [0.1, 0.15) is 23.1 Å². The molecule has 0 bridgehead atoms. The molecule has 0 radical (unpaired) electrons. The summed E-state index contributed by atoms with van der Waals surface area (Å²) in [6.07, 6.45) is 1.44. The Morgan fingerprint density at radius 1 is 0.970 bits per heavy atom. The molecule has 2 N–H and O–H groups in total. The summed E-state index contributed by atoms with van der Waals surface area (Å²) >= 11 is 5.84. The van der Waals surface area contributed by atoms with Gasteiger partial charge in [-0.05, 0) is 72.3 Å². The zero-order valence-electron chi connectivity index (χ0n) is 17.7. The van der Waals surface area contributed by atoms with Gasteiger partial charge in [-0.25, -0.2) is 0 Å². The molecule has 0 heterocycles. The lowest BCUT2D eigenvalue weighted by Crippen LogP contribution is -2.20. The first-order valence-electron chi connectivity index (χ1n) is 9.82. The van der Waals surface area contributed by atoms with Crippen molar-refractivity contribution in [1.82, 2.24) is 0 Å². The number of halogens is 1. The quantitative estimate of drug-likeness (QED) is 0.366. The Hall–Kier alpha value is -4.28. The highest BCUT2D eigenvalue weighted by atomic mass is 35.5. The van der Waals surface area contributed by atoms with Crippen LogP contribution in [0.15, 0.2) is 78.4 Å². The Balaban J connectivity index is 1.60. The maximum atomic E-state index is 12.4. The molecule has 7 nitrogen and oxygen atoms in total. The molecule has 0 saturated heterocycles. The van der Waals surface area contributed by atoms with Crippen LogP contribution in [0.4, 0.5) is 11.4 Å². The summed E-state index contributed by atoms with van der Waals surface area (Å²) in [7, 11) is 1.57. The van der Waals surface area contributed by atoms with E-state index < -0.39 is 5.91 Å². The van der Waals surface area contributed by atoms with E-state index in [1.807, 2.05) is 6.07 Å². The third-order valence-corrected chi connectivity index (χ3v) is 4.63. The van der Waals surface area contributed by atoms with Crippen LogP contribution in [0.1, 0.15) is 5.56 Å². The zero-order chi connectivity index (χ0) is 23.6. The topological polar surface area (TPSA) is 100 Å². The largest absolute Gasteiger partial charge is 0.497 e. The number of methoxy groups -OCH3 is 1. The predicted molar refractivity (Wildman–Crippen MR) is 127 cm³/mol. The maximum absolute atomic E-state index is 12.4. The van der Waals surface area contributed by atoms with Crippen molar-refractivity contribution in [3.8, 4) is 17.6 Å². The number of ether oxygens (including phenoxy) is 2. The number of rotatable bonds is 8. The minimum absolute atomic E-state index is 0.0839. The Labute approximate surface area is 196 Å². The van der Waals surface area contributed by atoms with Gasteiger partial charge >= 0.3 is 0 Å². The van der Waals surface area contributed by atoms with Gasteiger partial charge in [-0.3, -0.25) is 9.59 Å². The number of nitrogens with one attached hydrogen (secondary N) is 2. The van der Waals surface area contributed by atoms with Crippen LogP contribution in [-0.4, -0.2) is 25.5 Å². The second-order valence-electron chi connectivity index (χ2n) is 6.77. The van der Waals surface area contributed by atoms with Gasteiger partial charge in [0.05, 0.1) is 7.11 Å². The van der Waals surface area contributed by atoms with Crippen molar-refractivity contribution in [2.45, 2.75) is 0 Å². The van der Waals surface area contributed by atoms with Gasteiger partial charge in [-0.15, -0.1) is 0 Å². The molecule has 3 rings (SSSR count). The molecule has 0 spiro atoms. The average molecular weight is 462 g/mol. The van der Waals surface area contributed by atoms with E-state index in [4.69, 9.17) is 21.1 Å². The highest BCUT2D eigenvalue weighted by molar-refractivity contribution is 6.30. The molecule has 0 unspecified atom stereocenters. The molecule has 33 heavy (non-hydrogen) atoms. The minimum atomic E-state index is -0.551. The maximum Gasteiger partial charge on any atom is 0.266 e. The SMILES string of the molecule is COc1ccc(NC(=O)COc2cccc(C=C(C#N)C(=O)Nc3ccc(Cl)cc3)c2)cc1. The van der Waals surface area contributed by atoms with E-state index in [0.29, 0.717) is 33.5 Å². The molecule has 8 heteroatoms. The molecule has 0 aromatic heterocycles. The monoisotopic (exact) mass is 461 g/mol. The Bertz CT molecular complexity index is 1200. The van der Waals surface area contributed by atoms with Crippen molar-refractivity contribution in [3.05, 3.63) is 89.0 Å². The second kappa shape index (κ2) is 11.4. The van der Waals surface area contributed by atoms with Gasteiger partial charge < -0.3 is 20.1 Å². The van der Waals surface area contributed by atoms with Crippen molar-refractivity contribution < 1.29 is 19.1 Å². The molecular weight excluding hydrogens is 442 g/mol. The Kier molecular flexibility index (Phi) is 8.06. The molecule has 0 atom stereocenters. The summed E-state index contributed by atoms with van der Waals surface area (Å²) in [5.74, 6) is 0.225. The van der Waals surface area contributed by atoms with Crippen LogP contribution in [0.2, 0.25) is 5.02 Å². The van der Waals surface area contributed by atoms with Crippen LogP contribution < -0.4 is 20.1 Å². The van der Waals surface area contributed by atoms with Crippen molar-refractivity contribution in [2.24, 2.45) is 0 Å². The lowest BCUT2D eigenvalue weighted by molar-refractivity contribution is -0.118. The van der Waals surface area contributed by atoms with E-state index in [-0.39, 0.29) is 18.1 Å². The second-order valence-corrected chi connectivity index (χ2v) is 7.21. The molecule has 0 aliphatic rings. The fraction of sp³-hybridized carbons (Fsp3) is 0.0800. The standard InChI is InChI=1S/C25H20ClN3O4/c1-32-22-11-9-20(10-12-22)28-24(30)16-33-23-4-2-3-17(14-23)13-18(15-27)25(31)29-21-7-5-19(26)6-8-21/h2-14H,16H2,1H3,(H,28,30)(H,29,31). The van der Waals surface area contributed by atoms with Crippen LogP contribution in [0.5, 0.6) is 11.5 Å². The van der Waals surface area contributed by atoms with Gasteiger partial charge in [0.15, 0.2) is 6.61 Å². The number of nitrogens with zero attached hydrogens (tertiary/aromatic N) is 1. The number of carbonyl (C=O) groups is 2. The van der Waals surface area contributed by atoms with Gasteiger partial charge in [0.2, 0.25) is 0 Å². The molecule has 0 fully saturated rings. The van der Waals surface area contributed by atoms with Crippen LogP contribution in [0.25, 0.3) is 6.08 Å². The summed E-state index contributed by atoms with van der Waals surface area (Å²) in [6.45, 7) is -0.207. The van der Waals surface area contributed by atoms with E-state index in [1.165, 1.54) is 6.08 Å². The van der Waals surface area contributed by atoms with Crippen LogP contribution in [0, 0.1) is 11.3 Å². The van der Waals surface area contributed by atoms with E-state index in [2.05, 4.69) is 10.6 Å². The minimum Gasteiger partial charge on any atom is -0.497 e. The molecule has 2 amide bonds. The van der Waals surface area contributed by atoms with Gasteiger partial charge in [0.25, 0.3) is 11.8 Å². The lowest BCUT2D eigenvalue weighted by Gasteiger charge is -2.09. The van der Waals surface area contributed by atoms with Crippen LogP contribution >= 0.6 is 11.6 Å². The number of carbonyl (C=O) groups excluding carboxylic acids is 2. The fourth-order valence-corrected chi connectivity index (χ4v) is 2.89. The van der Waals surface area contributed by atoms with Gasteiger partial charge in [-0.2, -0.15) is 5.26 Å². The van der Waals surface area contributed by atoms with Gasteiger partial charge in [-0.1, -0.05) is 23.7 Å². The van der Waals surface area contributed by atoms with E-state index in [1.54, 1.807) is 79.9 Å². The molecule has 3 aromatic carbocycles. The van der Waals surface area contributed by atoms with Crippen molar-refractivity contribution in [1.29, 1.82) is 5.26 Å². The number of benzene rings is 3. The Morgan fingerprint density at radius 2 is 1.64 bits per heavy atom. The summed E-state index contributed by atoms with van der Waals surface area (Å²) in [6, 6.07) is 22.1. The van der Waals surface area contributed by atoms with Crippen molar-refractivity contribution >= 4 is 40.9 Å². The highest BCUT2D eigenvalue weighted by Crippen LogP contribution is 2.19. The summed E-state index contributed by atoms with van der Waals surface area (Å²) < 4.78 is 10.6. The smallest absolute Gasteiger partial charge is 0.266 e. The van der Waals surface area contributed by atoms with Crippen LogP contribution in [-0.2, 0) is 9.59 Å². The first kappa shape index (κ1) is 23.4. The van der Waals surface area contributed by atoms with Crippen LogP contribution in [0.3, 0.4) is 0 Å². The molecule has 166 valence electrons. The Morgan fingerprint density at radius 3 is 2.30 bits per heavy atom. The summed E-state index contributed by atoms with van der Waals surface area (Å²) in [5.41, 5.74) is 1.63. The first-order valence-corrected chi connectivity index (χ1v) is 10.2. The summed E-state index contributed by atoms with van der Waals surface area (Å²) in [5, 5.41) is 15.3.